The van der Waals surface area contributed by atoms with Gasteiger partial charge in [0.05, 0.1) is 17.7 Å². The van der Waals surface area contributed by atoms with Crippen LogP contribution in [-0.4, -0.2) is 36.4 Å². The average Bonchev–Trinajstić information content (AvgIpc) is 3.13. The van der Waals surface area contributed by atoms with Crippen molar-refractivity contribution in [3.05, 3.63) is 58.1 Å². The number of likely N-dealkylation sites (tertiary alicyclic amines) is 1. The number of rotatable bonds is 4. The van der Waals surface area contributed by atoms with E-state index in [0.29, 0.717) is 40.0 Å². The van der Waals surface area contributed by atoms with E-state index in [4.69, 9.17) is 27.9 Å². The number of hydrogen-bond donors (Lipinski definition) is 1. The van der Waals surface area contributed by atoms with E-state index in [-0.39, 0.29) is 11.8 Å². The Labute approximate surface area is 161 Å². The summed E-state index contributed by atoms with van der Waals surface area (Å²) in [5, 5.41) is 3.59. The van der Waals surface area contributed by atoms with Crippen LogP contribution in [0.25, 0.3) is 0 Å². The summed E-state index contributed by atoms with van der Waals surface area (Å²) >= 11 is 12.1. The predicted octanol–water partition coefficient (Wildman–Crippen LogP) is 4.25. The van der Waals surface area contributed by atoms with Crippen LogP contribution in [0.2, 0.25) is 10.0 Å². The summed E-state index contributed by atoms with van der Waals surface area (Å²) < 4.78 is 5.16. The Morgan fingerprint density at radius 1 is 1.19 bits per heavy atom. The molecule has 3 rings (SSSR count). The zero-order valence-electron chi connectivity index (χ0n) is 14.2. The molecule has 0 unspecified atom stereocenters. The third kappa shape index (κ3) is 3.94. The number of hydrogen-bond acceptors (Lipinski definition) is 3. The first-order valence-electron chi connectivity index (χ1n) is 8.20. The Morgan fingerprint density at radius 2 is 2.00 bits per heavy atom. The monoisotopic (exact) mass is 392 g/mol. The molecule has 5 nitrogen and oxygen atoms in total. The average molecular weight is 393 g/mol. The van der Waals surface area contributed by atoms with Crippen molar-refractivity contribution < 1.29 is 14.3 Å². The third-order valence-electron chi connectivity index (χ3n) is 4.31. The van der Waals surface area contributed by atoms with Crippen molar-refractivity contribution in [2.45, 2.75) is 18.9 Å². The Kier molecular flexibility index (Phi) is 5.69. The SMILES string of the molecule is COc1cccc(NC(=O)[C@@H]2CCCN2C(=O)c2cc(Cl)ccc2Cl)c1. The van der Waals surface area contributed by atoms with Gasteiger partial charge in [0.15, 0.2) is 0 Å². The maximum absolute atomic E-state index is 12.9. The van der Waals surface area contributed by atoms with Gasteiger partial charge in [-0.3, -0.25) is 9.59 Å². The molecular weight excluding hydrogens is 375 g/mol. The fourth-order valence-electron chi connectivity index (χ4n) is 3.02. The van der Waals surface area contributed by atoms with Gasteiger partial charge in [-0.2, -0.15) is 0 Å². The molecule has 0 saturated carbocycles. The summed E-state index contributed by atoms with van der Waals surface area (Å²) in [7, 11) is 1.56. The molecule has 2 amide bonds. The maximum Gasteiger partial charge on any atom is 0.256 e. The normalized spacial score (nSPS) is 16.4. The summed E-state index contributed by atoms with van der Waals surface area (Å²) in [6.45, 7) is 0.498. The van der Waals surface area contributed by atoms with Crippen molar-refractivity contribution in [3.8, 4) is 5.75 Å². The molecule has 136 valence electrons. The summed E-state index contributed by atoms with van der Waals surface area (Å²) in [6.07, 6.45) is 1.35. The van der Waals surface area contributed by atoms with Gasteiger partial charge in [0, 0.05) is 23.3 Å². The molecule has 0 radical (unpaired) electrons. The van der Waals surface area contributed by atoms with E-state index in [1.165, 1.54) is 6.07 Å². The van der Waals surface area contributed by atoms with Crippen molar-refractivity contribution in [3.63, 3.8) is 0 Å². The van der Waals surface area contributed by atoms with Crippen molar-refractivity contribution in [2.24, 2.45) is 0 Å². The van der Waals surface area contributed by atoms with Crippen LogP contribution in [0, 0.1) is 0 Å². The number of ether oxygens (including phenoxy) is 1. The highest BCUT2D eigenvalue weighted by Gasteiger charge is 2.35. The number of amides is 2. The van der Waals surface area contributed by atoms with E-state index in [0.717, 1.165) is 6.42 Å². The first-order chi connectivity index (χ1) is 12.5. The zero-order chi connectivity index (χ0) is 18.7. The van der Waals surface area contributed by atoms with Crippen LogP contribution < -0.4 is 10.1 Å². The smallest absolute Gasteiger partial charge is 0.256 e. The molecule has 1 saturated heterocycles. The molecule has 0 aromatic heterocycles. The van der Waals surface area contributed by atoms with E-state index in [2.05, 4.69) is 5.32 Å². The van der Waals surface area contributed by atoms with Crippen LogP contribution in [0.1, 0.15) is 23.2 Å². The highest BCUT2D eigenvalue weighted by molar-refractivity contribution is 6.35. The Morgan fingerprint density at radius 3 is 2.77 bits per heavy atom. The number of carbonyl (C=O) groups is 2. The summed E-state index contributed by atoms with van der Waals surface area (Å²) in [4.78, 5) is 27.1. The number of benzene rings is 2. The van der Waals surface area contributed by atoms with Crippen LogP contribution in [0.4, 0.5) is 5.69 Å². The van der Waals surface area contributed by atoms with E-state index in [9.17, 15) is 9.59 Å². The lowest BCUT2D eigenvalue weighted by molar-refractivity contribution is -0.119. The molecule has 0 spiro atoms. The van der Waals surface area contributed by atoms with Gasteiger partial charge in [0.1, 0.15) is 11.8 Å². The molecule has 1 N–H and O–H groups in total. The van der Waals surface area contributed by atoms with Crippen molar-refractivity contribution in [2.75, 3.05) is 19.0 Å². The van der Waals surface area contributed by atoms with Crippen molar-refractivity contribution in [1.82, 2.24) is 4.90 Å². The lowest BCUT2D eigenvalue weighted by Gasteiger charge is -2.24. The fraction of sp³-hybridized carbons (Fsp3) is 0.263. The second-order valence-electron chi connectivity index (χ2n) is 6.00. The van der Waals surface area contributed by atoms with Crippen LogP contribution in [-0.2, 0) is 4.79 Å². The number of halogens is 2. The number of anilines is 1. The van der Waals surface area contributed by atoms with Crippen LogP contribution in [0.3, 0.4) is 0 Å². The molecule has 0 aliphatic carbocycles. The minimum Gasteiger partial charge on any atom is -0.497 e. The molecule has 2 aromatic carbocycles. The van der Waals surface area contributed by atoms with Gasteiger partial charge in [-0.05, 0) is 43.2 Å². The van der Waals surface area contributed by atoms with E-state index >= 15 is 0 Å². The number of methoxy groups -OCH3 is 1. The van der Waals surface area contributed by atoms with Crippen LogP contribution in [0.5, 0.6) is 5.75 Å². The van der Waals surface area contributed by atoms with E-state index in [1.54, 1.807) is 48.4 Å². The van der Waals surface area contributed by atoms with Gasteiger partial charge >= 0.3 is 0 Å². The lowest BCUT2D eigenvalue weighted by atomic mass is 10.1. The van der Waals surface area contributed by atoms with E-state index < -0.39 is 6.04 Å². The Balaban J connectivity index is 1.77. The van der Waals surface area contributed by atoms with Crippen molar-refractivity contribution >= 4 is 40.7 Å². The van der Waals surface area contributed by atoms with Crippen LogP contribution >= 0.6 is 23.2 Å². The topological polar surface area (TPSA) is 58.6 Å². The maximum atomic E-state index is 12.9. The molecule has 26 heavy (non-hydrogen) atoms. The second-order valence-corrected chi connectivity index (χ2v) is 6.85. The second kappa shape index (κ2) is 7.98. The van der Waals surface area contributed by atoms with Gasteiger partial charge in [-0.1, -0.05) is 29.3 Å². The van der Waals surface area contributed by atoms with Gasteiger partial charge in [-0.15, -0.1) is 0 Å². The Hall–Kier alpha value is -2.24. The molecule has 1 fully saturated rings. The number of carbonyl (C=O) groups excluding carboxylic acids is 2. The minimum atomic E-state index is -0.552. The molecule has 0 bridgehead atoms. The quantitative estimate of drug-likeness (QED) is 0.845. The van der Waals surface area contributed by atoms with Gasteiger partial charge in [0.2, 0.25) is 5.91 Å². The first kappa shape index (κ1) is 18.5. The molecule has 7 heteroatoms. The van der Waals surface area contributed by atoms with Gasteiger partial charge < -0.3 is 15.0 Å². The third-order valence-corrected chi connectivity index (χ3v) is 4.88. The molecule has 2 aromatic rings. The zero-order valence-corrected chi connectivity index (χ0v) is 15.7. The molecule has 1 heterocycles. The largest absolute Gasteiger partial charge is 0.497 e. The summed E-state index contributed by atoms with van der Waals surface area (Å²) in [5.41, 5.74) is 0.926. The molecule has 1 atom stereocenters. The molecule has 1 aliphatic heterocycles. The van der Waals surface area contributed by atoms with Gasteiger partial charge in [0.25, 0.3) is 5.91 Å². The molecular formula is C19H18Cl2N2O3. The van der Waals surface area contributed by atoms with Crippen LogP contribution in [0.15, 0.2) is 42.5 Å². The van der Waals surface area contributed by atoms with Crippen molar-refractivity contribution in [1.29, 1.82) is 0 Å². The summed E-state index contributed by atoms with van der Waals surface area (Å²) in [5.74, 6) is 0.121. The Bertz CT molecular complexity index is 841. The van der Waals surface area contributed by atoms with E-state index in [1.807, 2.05) is 0 Å². The number of nitrogens with one attached hydrogen (secondary N) is 1. The standard InChI is InChI=1S/C19H18Cl2N2O3/c1-26-14-5-2-4-13(11-14)22-18(24)17-6-3-9-23(17)19(25)15-10-12(20)7-8-16(15)21/h2,4-5,7-8,10-11,17H,3,6,9H2,1H3,(H,22,24)/t17-/m0/s1. The fourth-order valence-corrected chi connectivity index (χ4v) is 3.40. The highest BCUT2D eigenvalue weighted by atomic mass is 35.5. The number of nitrogens with zero attached hydrogens (tertiary/aromatic N) is 1. The highest BCUT2D eigenvalue weighted by Crippen LogP contribution is 2.27. The lowest BCUT2D eigenvalue weighted by Crippen LogP contribution is -2.43. The first-order valence-corrected chi connectivity index (χ1v) is 8.96. The van der Waals surface area contributed by atoms with Gasteiger partial charge in [-0.25, -0.2) is 0 Å². The minimum absolute atomic E-state index is 0.234. The predicted molar refractivity (Wildman–Crippen MR) is 102 cm³/mol. The summed E-state index contributed by atoms with van der Waals surface area (Å²) in [6, 6.07) is 11.3. The molecule has 1 aliphatic rings.